The molecule has 0 fully saturated rings. The van der Waals surface area contributed by atoms with E-state index in [1.807, 2.05) is 35.0 Å². The van der Waals surface area contributed by atoms with Gasteiger partial charge in [0.25, 0.3) is 0 Å². The van der Waals surface area contributed by atoms with Crippen molar-refractivity contribution in [1.29, 1.82) is 0 Å². The van der Waals surface area contributed by atoms with Crippen LogP contribution in [0.3, 0.4) is 0 Å². The molecule has 0 aliphatic rings. The lowest BCUT2D eigenvalue weighted by Crippen LogP contribution is -2.24. The second kappa shape index (κ2) is 6.71. The maximum atomic E-state index is 12.1. The standard InChI is InChI=1S/C17H16ClN3O2/c1-23-15-6-5-13(18)8-12(15)10-19-17(22)9-14-11-21-7-3-2-4-16(21)20-14/h2-8,11H,9-10H2,1H3,(H,19,22). The van der Waals surface area contributed by atoms with Gasteiger partial charge in [0.05, 0.1) is 19.2 Å². The number of rotatable bonds is 5. The Morgan fingerprint density at radius 2 is 2.22 bits per heavy atom. The zero-order chi connectivity index (χ0) is 16.2. The number of amides is 1. The van der Waals surface area contributed by atoms with Gasteiger partial charge in [-0.05, 0) is 30.3 Å². The number of carbonyl (C=O) groups excluding carboxylic acids is 1. The van der Waals surface area contributed by atoms with E-state index in [-0.39, 0.29) is 12.3 Å². The van der Waals surface area contributed by atoms with Gasteiger partial charge in [-0.1, -0.05) is 17.7 Å². The smallest absolute Gasteiger partial charge is 0.226 e. The van der Waals surface area contributed by atoms with Gasteiger partial charge in [0.1, 0.15) is 11.4 Å². The fraction of sp³-hybridized carbons (Fsp3) is 0.176. The summed E-state index contributed by atoms with van der Waals surface area (Å²) in [7, 11) is 1.59. The Bertz CT molecular complexity index is 812. The van der Waals surface area contributed by atoms with Gasteiger partial charge in [-0.3, -0.25) is 4.79 Å². The molecule has 2 heterocycles. The fourth-order valence-electron chi connectivity index (χ4n) is 2.38. The molecule has 0 atom stereocenters. The van der Waals surface area contributed by atoms with E-state index in [1.165, 1.54) is 0 Å². The third kappa shape index (κ3) is 3.63. The molecule has 1 N–H and O–H groups in total. The molecule has 0 aliphatic heterocycles. The summed E-state index contributed by atoms with van der Waals surface area (Å²) in [5.41, 5.74) is 2.39. The average molecular weight is 330 g/mol. The second-order valence-corrected chi connectivity index (χ2v) is 5.54. The van der Waals surface area contributed by atoms with Crippen molar-refractivity contribution in [2.24, 2.45) is 0 Å². The van der Waals surface area contributed by atoms with Crippen LogP contribution in [0.15, 0.2) is 48.8 Å². The van der Waals surface area contributed by atoms with Crippen LogP contribution in [0, 0.1) is 0 Å². The number of aromatic nitrogens is 2. The molecule has 0 saturated heterocycles. The minimum absolute atomic E-state index is 0.101. The number of benzene rings is 1. The fourth-order valence-corrected chi connectivity index (χ4v) is 2.57. The van der Waals surface area contributed by atoms with Crippen LogP contribution in [-0.4, -0.2) is 22.4 Å². The number of fused-ring (bicyclic) bond motifs is 1. The molecule has 1 aromatic carbocycles. The Hall–Kier alpha value is -2.53. The SMILES string of the molecule is COc1ccc(Cl)cc1CNC(=O)Cc1cn2ccccc2n1. The number of methoxy groups -OCH3 is 1. The number of hydrogen-bond acceptors (Lipinski definition) is 3. The van der Waals surface area contributed by atoms with Crippen molar-refractivity contribution in [3.8, 4) is 5.75 Å². The Morgan fingerprint density at radius 3 is 3.00 bits per heavy atom. The molecule has 5 nitrogen and oxygen atoms in total. The highest BCUT2D eigenvalue weighted by Gasteiger charge is 2.09. The summed E-state index contributed by atoms with van der Waals surface area (Å²) in [5.74, 6) is 0.595. The van der Waals surface area contributed by atoms with Crippen molar-refractivity contribution in [2.45, 2.75) is 13.0 Å². The van der Waals surface area contributed by atoms with E-state index in [4.69, 9.17) is 16.3 Å². The molecule has 6 heteroatoms. The zero-order valence-electron chi connectivity index (χ0n) is 12.6. The summed E-state index contributed by atoms with van der Waals surface area (Å²) in [4.78, 5) is 16.5. The third-order valence-corrected chi connectivity index (χ3v) is 3.71. The number of hydrogen-bond donors (Lipinski definition) is 1. The van der Waals surface area contributed by atoms with Crippen molar-refractivity contribution >= 4 is 23.2 Å². The van der Waals surface area contributed by atoms with Crippen molar-refractivity contribution < 1.29 is 9.53 Å². The summed E-state index contributed by atoms with van der Waals surface area (Å²) in [5, 5.41) is 3.47. The average Bonchev–Trinajstić information content (AvgIpc) is 2.95. The van der Waals surface area contributed by atoms with E-state index < -0.39 is 0 Å². The van der Waals surface area contributed by atoms with Crippen molar-refractivity contribution in [3.05, 3.63) is 65.1 Å². The molecule has 0 unspecified atom stereocenters. The number of pyridine rings is 1. The molecule has 3 aromatic rings. The molecule has 0 saturated carbocycles. The summed E-state index contributed by atoms with van der Waals surface area (Å²) in [6.07, 6.45) is 3.99. The predicted molar refractivity (Wildman–Crippen MR) is 88.7 cm³/mol. The summed E-state index contributed by atoms with van der Waals surface area (Å²) in [6, 6.07) is 11.1. The lowest BCUT2D eigenvalue weighted by atomic mass is 10.2. The first kappa shape index (κ1) is 15.4. The van der Waals surface area contributed by atoms with Crippen molar-refractivity contribution in [3.63, 3.8) is 0 Å². The molecule has 0 aliphatic carbocycles. The Balaban J connectivity index is 1.64. The van der Waals surface area contributed by atoms with Crippen LogP contribution in [0.25, 0.3) is 5.65 Å². The Kier molecular flexibility index (Phi) is 4.48. The highest BCUT2D eigenvalue weighted by Crippen LogP contribution is 2.22. The van der Waals surface area contributed by atoms with Gasteiger partial charge in [-0.15, -0.1) is 0 Å². The zero-order valence-corrected chi connectivity index (χ0v) is 13.4. The first-order valence-electron chi connectivity index (χ1n) is 7.17. The van der Waals surface area contributed by atoms with E-state index in [0.717, 1.165) is 16.9 Å². The maximum absolute atomic E-state index is 12.1. The van der Waals surface area contributed by atoms with Crippen LogP contribution >= 0.6 is 11.6 Å². The van der Waals surface area contributed by atoms with Gasteiger partial charge >= 0.3 is 0 Å². The number of nitrogens with one attached hydrogen (secondary N) is 1. The highest BCUT2D eigenvalue weighted by atomic mass is 35.5. The van der Waals surface area contributed by atoms with E-state index in [0.29, 0.717) is 17.3 Å². The number of carbonyl (C=O) groups is 1. The molecule has 0 spiro atoms. The molecule has 118 valence electrons. The van der Waals surface area contributed by atoms with Crippen LogP contribution in [0.4, 0.5) is 0 Å². The Labute approximate surface area is 138 Å². The summed E-state index contributed by atoms with van der Waals surface area (Å²) < 4.78 is 7.16. The molecule has 0 bridgehead atoms. The van der Waals surface area contributed by atoms with Gasteiger partial charge in [0.2, 0.25) is 5.91 Å². The van der Waals surface area contributed by atoms with Gasteiger partial charge in [-0.25, -0.2) is 4.98 Å². The van der Waals surface area contributed by atoms with E-state index in [9.17, 15) is 4.79 Å². The molecule has 1 amide bonds. The van der Waals surface area contributed by atoms with E-state index in [2.05, 4.69) is 10.3 Å². The largest absolute Gasteiger partial charge is 0.496 e. The maximum Gasteiger partial charge on any atom is 0.226 e. The van der Waals surface area contributed by atoms with Gasteiger partial charge < -0.3 is 14.5 Å². The van der Waals surface area contributed by atoms with Crippen LogP contribution in [-0.2, 0) is 17.8 Å². The van der Waals surface area contributed by atoms with E-state index >= 15 is 0 Å². The number of ether oxygens (including phenoxy) is 1. The quantitative estimate of drug-likeness (QED) is 0.783. The molecular weight excluding hydrogens is 314 g/mol. The van der Waals surface area contributed by atoms with Crippen LogP contribution in [0.2, 0.25) is 5.02 Å². The normalized spacial score (nSPS) is 10.7. The van der Waals surface area contributed by atoms with Gasteiger partial charge in [0.15, 0.2) is 0 Å². The van der Waals surface area contributed by atoms with Gasteiger partial charge in [0, 0.05) is 29.5 Å². The highest BCUT2D eigenvalue weighted by molar-refractivity contribution is 6.30. The predicted octanol–water partition coefficient (Wildman–Crippen LogP) is 2.86. The van der Waals surface area contributed by atoms with Crippen molar-refractivity contribution in [1.82, 2.24) is 14.7 Å². The molecular formula is C17H16ClN3O2. The number of halogens is 1. The lowest BCUT2D eigenvalue weighted by molar-refractivity contribution is -0.120. The first-order valence-corrected chi connectivity index (χ1v) is 7.55. The molecule has 0 radical (unpaired) electrons. The minimum atomic E-state index is -0.101. The molecule has 23 heavy (non-hydrogen) atoms. The minimum Gasteiger partial charge on any atom is -0.496 e. The summed E-state index contributed by atoms with van der Waals surface area (Å²) in [6.45, 7) is 0.357. The van der Waals surface area contributed by atoms with Crippen LogP contribution in [0.1, 0.15) is 11.3 Å². The third-order valence-electron chi connectivity index (χ3n) is 3.47. The van der Waals surface area contributed by atoms with Crippen LogP contribution in [0.5, 0.6) is 5.75 Å². The lowest BCUT2D eigenvalue weighted by Gasteiger charge is -2.09. The van der Waals surface area contributed by atoms with Crippen LogP contribution < -0.4 is 10.1 Å². The number of nitrogens with zero attached hydrogens (tertiary/aromatic N) is 2. The molecule has 2 aromatic heterocycles. The second-order valence-electron chi connectivity index (χ2n) is 5.11. The summed E-state index contributed by atoms with van der Waals surface area (Å²) >= 11 is 5.98. The first-order chi connectivity index (χ1) is 11.2. The Morgan fingerprint density at radius 1 is 1.35 bits per heavy atom. The van der Waals surface area contributed by atoms with E-state index in [1.54, 1.807) is 25.3 Å². The molecule has 3 rings (SSSR count). The monoisotopic (exact) mass is 329 g/mol. The topological polar surface area (TPSA) is 55.6 Å². The van der Waals surface area contributed by atoms with Crippen molar-refractivity contribution in [2.75, 3.05) is 7.11 Å². The number of imidazole rings is 1. The van der Waals surface area contributed by atoms with Gasteiger partial charge in [-0.2, -0.15) is 0 Å².